The predicted octanol–water partition coefficient (Wildman–Crippen LogP) is 6.17. The van der Waals surface area contributed by atoms with E-state index in [0.29, 0.717) is 34.3 Å². The molecule has 0 aliphatic heterocycles. The minimum absolute atomic E-state index is 0.192. The fourth-order valence-electron chi connectivity index (χ4n) is 3.89. The Morgan fingerprint density at radius 2 is 1.78 bits per heavy atom. The highest BCUT2D eigenvalue weighted by Gasteiger charge is 2.28. The Morgan fingerprint density at radius 1 is 1.03 bits per heavy atom. The minimum atomic E-state index is -0.205. The third-order valence-corrected chi connectivity index (χ3v) is 6.76. The van der Waals surface area contributed by atoms with Crippen molar-refractivity contribution in [1.82, 2.24) is 0 Å². The molecule has 4 rings (SSSR count). The van der Waals surface area contributed by atoms with E-state index in [2.05, 4.69) is 24.5 Å². The maximum Gasteiger partial charge on any atom is 0.258 e. The van der Waals surface area contributed by atoms with Crippen LogP contribution in [0.4, 0.5) is 10.7 Å². The van der Waals surface area contributed by atoms with Crippen LogP contribution >= 0.6 is 11.3 Å². The zero-order valence-electron chi connectivity index (χ0n) is 18.4. The smallest absolute Gasteiger partial charge is 0.258 e. The van der Waals surface area contributed by atoms with Crippen molar-refractivity contribution in [3.63, 3.8) is 0 Å². The molecule has 0 fully saturated rings. The molecule has 2 aromatic carbocycles. The molecular formula is C26H28N2O3S. The van der Waals surface area contributed by atoms with E-state index in [1.165, 1.54) is 16.2 Å². The highest BCUT2D eigenvalue weighted by molar-refractivity contribution is 7.17. The lowest BCUT2D eigenvalue weighted by Gasteiger charge is -2.18. The van der Waals surface area contributed by atoms with Gasteiger partial charge in [0.05, 0.1) is 12.2 Å². The van der Waals surface area contributed by atoms with Gasteiger partial charge in [-0.25, -0.2) is 0 Å². The lowest BCUT2D eigenvalue weighted by Crippen LogP contribution is -2.19. The van der Waals surface area contributed by atoms with E-state index in [-0.39, 0.29) is 11.8 Å². The number of carbonyl (C=O) groups is 2. The number of ether oxygens (including phenoxy) is 1. The highest BCUT2D eigenvalue weighted by Crippen LogP contribution is 2.40. The van der Waals surface area contributed by atoms with E-state index in [0.717, 1.165) is 37.0 Å². The second-order valence-electron chi connectivity index (χ2n) is 8.20. The second-order valence-corrected chi connectivity index (χ2v) is 9.31. The number of benzene rings is 2. The maximum absolute atomic E-state index is 13.3. The van der Waals surface area contributed by atoms with Gasteiger partial charge in [-0.2, -0.15) is 0 Å². The highest BCUT2D eigenvalue weighted by atomic mass is 32.1. The third kappa shape index (κ3) is 5.02. The molecule has 5 nitrogen and oxygen atoms in total. The number of hydrogen-bond acceptors (Lipinski definition) is 4. The maximum atomic E-state index is 13.3. The fraction of sp³-hybridized carbons (Fsp3) is 0.308. The van der Waals surface area contributed by atoms with E-state index < -0.39 is 0 Å². The van der Waals surface area contributed by atoms with Crippen molar-refractivity contribution in [1.29, 1.82) is 0 Å². The third-order valence-electron chi connectivity index (χ3n) is 5.59. The number of hydrogen-bond donors (Lipinski definition) is 2. The zero-order valence-corrected chi connectivity index (χ0v) is 19.3. The summed E-state index contributed by atoms with van der Waals surface area (Å²) in [7, 11) is 0. The van der Waals surface area contributed by atoms with E-state index >= 15 is 0 Å². The van der Waals surface area contributed by atoms with Crippen molar-refractivity contribution in [3.8, 4) is 5.75 Å². The van der Waals surface area contributed by atoms with E-state index in [1.807, 2.05) is 42.5 Å². The molecule has 0 radical (unpaired) electrons. The predicted molar refractivity (Wildman–Crippen MR) is 130 cm³/mol. The molecule has 1 aliphatic carbocycles. The molecule has 3 aromatic rings. The van der Waals surface area contributed by atoms with E-state index in [4.69, 9.17) is 4.74 Å². The number of anilines is 2. The van der Waals surface area contributed by atoms with Crippen LogP contribution in [0.25, 0.3) is 0 Å². The molecule has 1 atom stereocenters. The zero-order chi connectivity index (χ0) is 22.5. The van der Waals surface area contributed by atoms with Crippen LogP contribution in [0.1, 0.15) is 57.8 Å². The van der Waals surface area contributed by atoms with Gasteiger partial charge in [-0.1, -0.05) is 32.0 Å². The molecule has 0 bridgehead atoms. The largest absolute Gasteiger partial charge is 0.494 e. The van der Waals surface area contributed by atoms with Gasteiger partial charge in [-0.15, -0.1) is 11.3 Å². The fourth-order valence-corrected chi connectivity index (χ4v) is 5.30. The van der Waals surface area contributed by atoms with Gasteiger partial charge in [0.1, 0.15) is 10.8 Å². The number of thiophene rings is 1. The molecule has 2 N–H and O–H groups in total. The van der Waals surface area contributed by atoms with Crippen molar-refractivity contribution in [2.45, 2.75) is 39.5 Å². The molecule has 1 aliphatic rings. The summed E-state index contributed by atoms with van der Waals surface area (Å²) in [4.78, 5) is 27.3. The molecular weight excluding hydrogens is 420 g/mol. The van der Waals surface area contributed by atoms with Crippen LogP contribution in [0, 0.1) is 5.92 Å². The lowest BCUT2D eigenvalue weighted by atomic mass is 9.88. The summed E-state index contributed by atoms with van der Waals surface area (Å²) < 4.78 is 5.62. The summed E-state index contributed by atoms with van der Waals surface area (Å²) in [6.07, 6.45) is 3.77. The van der Waals surface area contributed by atoms with Crippen molar-refractivity contribution >= 4 is 33.8 Å². The number of nitrogens with one attached hydrogen (secondary N) is 2. The van der Waals surface area contributed by atoms with Gasteiger partial charge < -0.3 is 15.4 Å². The summed E-state index contributed by atoms with van der Waals surface area (Å²) >= 11 is 1.53. The molecule has 0 spiro atoms. The van der Waals surface area contributed by atoms with Gasteiger partial charge in [0, 0.05) is 16.1 Å². The molecule has 6 heteroatoms. The number of fused-ring (bicyclic) bond motifs is 1. The van der Waals surface area contributed by atoms with Crippen molar-refractivity contribution in [3.05, 3.63) is 76.2 Å². The quantitative estimate of drug-likeness (QED) is 0.454. The summed E-state index contributed by atoms with van der Waals surface area (Å²) in [5.41, 5.74) is 2.92. The van der Waals surface area contributed by atoms with Crippen LogP contribution in [-0.2, 0) is 12.8 Å². The summed E-state index contributed by atoms with van der Waals surface area (Å²) in [5.74, 6) is 0.958. The Hall–Kier alpha value is -3.12. The summed E-state index contributed by atoms with van der Waals surface area (Å²) in [5, 5.41) is 6.62. The molecule has 1 unspecified atom stereocenters. The number of carbonyl (C=O) groups excluding carboxylic acids is 2. The molecule has 1 heterocycles. The summed E-state index contributed by atoms with van der Waals surface area (Å²) in [6, 6.07) is 16.5. The van der Waals surface area contributed by atoms with Crippen molar-refractivity contribution in [2.75, 3.05) is 17.2 Å². The van der Waals surface area contributed by atoms with E-state index in [9.17, 15) is 9.59 Å². The second kappa shape index (κ2) is 10.0. The van der Waals surface area contributed by atoms with Gasteiger partial charge in [-0.05, 0) is 73.6 Å². The van der Waals surface area contributed by atoms with Crippen LogP contribution in [0.3, 0.4) is 0 Å². The SMILES string of the molecule is CCCOc1ccc(NC(=O)c2c(NC(=O)c3ccccc3)sc3c2CCC(C)C3)cc1. The van der Waals surface area contributed by atoms with Gasteiger partial charge >= 0.3 is 0 Å². The lowest BCUT2D eigenvalue weighted by molar-refractivity contribution is 0.102. The minimum Gasteiger partial charge on any atom is -0.494 e. The topological polar surface area (TPSA) is 67.4 Å². The van der Waals surface area contributed by atoms with Crippen LogP contribution in [0.5, 0.6) is 5.75 Å². The Labute approximate surface area is 192 Å². The standard InChI is InChI=1S/C26H28N2O3S/c1-3-15-31-20-12-10-19(11-13-20)27-25(30)23-21-14-9-17(2)16-22(21)32-26(23)28-24(29)18-7-5-4-6-8-18/h4-8,10-13,17H,3,9,14-16H2,1-2H3,(H,27,30)(H,28,29). The average molecular weight is 449 g/mol. The van der Waals surface area contributed by atoms with Crippen LogP contribution < -0.4 is 15.4 Å². The van der Waals surface area contributed by atoms with Crippen molar-refractivity contribution < 1.29 is 14.3 Å². The molecule has 0 saturated carbocycles. The summed E-state index contributed by atoms with van der Waals surface area (Å²) in [6.45, 7) is 4.95. The number of rotatable bonds is 7. The first-order valence-electron chi connectivity index (χ1n) is 11.1. The molecule has 1 aromatic heterocycles. The first-order valence-corrected chi connectivity index (χ1v) is 11.9. The van der Waals surface area contributed by atoms with Crippen LogP contribution in [0.15, 0.2) is 54.6 Å². The van der Waals surface area contributed by atoms with Gasteiger partial charge in [0.25, 0.3) is 11.8 Å². The Bertz CT molecular complexity index is 1090. The van der Waals surface area contributed by atoms with E-state index in [1.54, 1.807) is 12.1 Å². The van der Waals surface area contributed by atoms with Crippen LogP contribution in [-0.4, -0.2) is 18.4 Å². The monoisotopic (exact) mass is 448 g/mol. The normalized spacial score (nSPS) is 15.0. The van der Waals surface area contributed by atoms with Crippen molar-refractivity contribution in [2.24, 2.45) is 5.92 Å². The first kappa shape index (κ1) is 22.1. The molecule has 0 saturated heterocycles. The first-order chi connectivity index (χ1) is 15.5. The van der Waals surface area contributed by atoms with Gasteiger partial charge in [-0.3, -0.25) is 9.59 Å². The Balaban J connectivity index is 1.58. The molecule has 166 valence electrons. The van der Waals surface area contributed by atoms with Crippen LogP contribution in [0.2, 0.25) is 0 Å². The molecule has 2 amide bonds. The number of amides is 2. The Kier molecular flexibility index (Phi) is 6.90. The Morgan fingerprint density at radius 3 is 2.50 bits per heavy atom. The average Bonchev–Trinajstić information content (AvgIpc) is 3.16. The van der Waals surface area contributed by atoms with Gasteiger partial charge in [0.2, 0.25) is 0 Å². The van der Waals surface area contributed by atoms with Gasteiger partial charge in [0.15, 0.2) is 0 Å². The molecule has 32 heavy (non-hydrogen) atoms.